The maximum absolute atomic E-state index is 3.66. The molecule has 0 spiro atoms. The van der Waals surface area contributed by atoms with Gasteiger partial charge in [-0.05, 0) is 18.1 Å². The first-order valence-corrected chi connectivity index (χ1v) is 6.69. The summed E-state index contributed by atoms with van der Waals surface area (Å²) in [6.07, 6.45) is 7.15. The van der Waals surface area contributed by atoms with Crippen molar-refractivity contribution in [3.8, 4) is 0 Å². The minimum atomic E-state index is 0.785. The van der Waals surface area contributed by atoms with E-state index in [1.165, 1.54) is 44.4 Å². The van der Waals surface area contributed by atoms with E-state index in [0.29, 0.717) is 0 Å². The summed E-state index contributed by atoms with van der Waals surface area (Å²) < 4.78 is 0. The van der Waals surface area contributed by atoms with Crippen molar-refractivity contribution < 1.29 is 0 Å². The fourth-order valence-electron chi connectivity index (χ4n) is 1.86. The second-order valence-corrected chi connectivity index (χ2v) is 5.89. The highest BCUT2D eigenvalue weighted by Gasteiger charge is 2.11. The highest BCUT2D eigenvalue weighted by molar-refractivity contribution is 7.99. The summed E-state index contributed by atoms with van der Waals surface area (Å²) in [5, 5.41) is 4.44. The first-order valence-electron chi connectivity index (χ1n) is 5.64. The van der Waals surface area contributed by atoms with Crippen molar-refractivity contribution in [2.24, 2.45) is 0 Å². The molecule has 1 nitrogen and oxygen atoms in total. The second-order valence-electron chi connectivity index (χ2n) is 4.21. The molecule has 2 heteroatoms. The molecule has 0 bridgehead atoms. The molecule has 1 fully saturated rings. The van der Waals surface area contributed by atoms with Gasteiger partial charge in [0.05, 0.1) is 0 Å². The normalized spacial score (nSPS) is 19.6. The number of hydrogen-bond donors (Lipinski definition) is 1. The molecule has 1 rings (SSSR count). The van der Waals surface area contributed by atoms with Crippen LogP contribution in [-0.4, -0.2) is 23.6 Å². The van der Waals surface area contributed by atoms with E-state index in [4.69, 9.17) is 0 Å². The Hall–Kier alpha value is 0.310. The molecule has 0 aromatic carbocycles. The summed E-state index contributed by atoms with van der Waals surface area (Å²) in [7, 11) is 0. The van der Waals surface area contributed by atoms with Crippen molar-refractivity contribution in [1.82, 2.24) is 5.32 Å². The molecule has 0 amide bonds. The summed E-state index contributed by atoms with van der Waals surface area (Å²) in [5.41, 5.74) is 0. The third kappa shape index (κ3) is 5.58. The van der Waals surface area contributed by atoms with Crippen molar-refractivity contribution in [2.75, 3.05) is 12.3 Å². The summed E-state index contributed by atoms with van der Waals surface area (Å²) in [5.74, 6) is 1.27. The summed E-state index contributed by atoms with van der Waals surface area (Å²) in [4.78, 5) is 0. The molecule has 1 N–H and O–H groups in total. The number of hydrogen-bond acceptors (Lipinski definition) is 2. The molecule has 0 atom stereocenters. The summed E-state index contributed by atoms with van der Waals surface area (Å²) >= 11 is 2.06. The van der Waals surface area contributed by atoms with Crippen molar-refractivity contribution in [3.05, 3.63) is 0 Å². The maximum atomic E-state index is 3.66. The Morgan fingerprint density at radius 3 is 2.54 bits per heavy atom. The lowest BCUT2D eigenvalue weighted by atomic mass is 9.96. The zero-order valence-electron chi connectivity index (χ0n) is 9.01. The number of rotatable bonds is 5. The minimum Gasteiger partial charge on any atom is -0.313 e. The average Bonchev–Trinajstić information content (AvgIpc) is 2.14. The largest absolute Gasteiger partial charge is 0.313 e. The molecular formula is C11H23NS. The van der Waals surface area contributed by atoms with Gasteiger partial charge in [-0.15, -0.1) is 0 Å². The van der Waals surface area contributed by atoms with Gasteiger partial charge in [-0.2, -0.15) is 11.8 Å². The fraction of sp³-hybridized carbons (Fsp3) is 1.00. The van der Waals surface area contributed by atoms with E-state index < -0.39 is 0 Å². The Morgan fingerprint density at radius 1 is 1.23 bits per heavy atom. The maximum Gasteiger partial charge on any atom is 0.00673 e. The molecular weight excluding hydrogens is 178 g/mol. The van der Waals surface area contributed by atoms with E-state index in [1.807, 2.05) is 0 Å². The first kappa shape index (κ1) is 11.4. The fourth-order valence-corrected chi connectivity index (χ4v) is 2.57. The lowest BCUT2D eigenvalue weighted by molar-refractivity contribution is 0.381. The van der Waals surface area contributed by atoms with Crippen molar-refractivity contribution in [2.45, 2.75) is 57.2 Å². The van der Waals surface area contributed by atoms with Crippen LogP contribution in [0.5, 0.6) is 0 Å². The predicted octanol–water partition coefficient (Wildman–Crippen LogP) is 3.05. The van der Waals surface area contributed by atoms with Crippen LogP contribution in [0, 0.1) is 0 Å². The molecule has 1 aliphatic rings. The van der Waals surface area contributed by atoms with Crippen LogP contribution in [0.25, 0.3) is 0 Å². The van der Waals surface area contributed by atoms with Gasteiger partial charge >= 0.3 is 0 Å². The molecule has 1 saturated carbocycles. The molecule has 0 heterocycles. The van der Waals surface area contributed by atoms with Crippen LogP contribution in [0.4, 0.5) is 0 Å². The van der Waals surface area contributed by atoms with Gasteiger partial charge in [0.2, 0.25) is 0 Å². The number of thioether (sulfide) groups is 1. The Morgan fingerprint density at radius 2 is 1.92 bits per heavy atom. The molecule has 0 unspecified atom stereocenters. The zero-order chi connectivity index (χ0) is 9.52. The van der Waals surface area contributed by atoms with E-state index in [0.717, 1.165) is 11.3 Å². The van der Waals surface area contributed by atoms with Crippen molar-refractivity contribution in [3.63, 3.8) is 0 Å². The SMILES string of the molecule is CC(C)SCCNC1CCCCC1. The predicted molar refractivity (Wildman–Crippen MR) is 62.5 cm³/mol. The topological polar surface area (TPSA) is 12.0 Å². The summed E-state index contributed by atoms with van der Waals surface area (Å²) in [6.45, 7) is 5.74. The van der Waals surface area contributed by atoms with Crippen LogP contribution in [0.2, 0.25) is 0 Å². The molecule has 13 heavy (non-hydrogen) atoms. The Labute approximate surface area is 87.1 Å². The number of nitrogens with one attached hydrogen (secondary N) is 1. The molecule has 0 aliphatic heterocycles. The van der Waals surface area contributed by atoms with Crippen LogP contribution >= 0.6 is 11.8 Å². The van der Waals surface area contributed by atoms with Gasteiger partial charge in [-0.1, -0.05) is 33.1 Å². The van der Waals surface area contributed by atoms with Crippen molar-refractivity contribution in [1.29, 1.82) is 0 Å². The van der Waals surface area contributed by atoms with E-state index in [1.54, 1.807) is 0 Å². The smallest absolute Gasteiger partial charge is 0.00673 e. The third-order valence-electron chi connectivity index (χ3n) is 2.59. The van der Waals surface area contributed by atoms with Crippen LogP contribution in [-0.2, 0) is 0 Å². The molecule has 78 valence electrons. The van der Waals surface area contributed by atoms with Gasteiger partial charge in [-0.3, -0.25) is 0 Å². The van der Waals surface area contributed by atoms with Crippen LogP contribution in [0.15, 0.2) is 0 Å². The standard InChI is InChI=1S/C11H23NS/c1-10(2)13-9-8-12-11-6-4-3-5-7-11/h10-12H,3-9H2,1-2H3. The van der Waals surface area contributed by atoms with Gasteiger partial charge in [0.15, 0.2) is 0 Å². The monoisotopic (exact) mass is 201 g/mol. The van der Waals surface area contributed by atoms with Gasteiger partial charge in [0.25, 0.3) is 0 Å². The van der Waals surface area contributed by atoms with Crippen LogP contribution < -0.4 is 5.32 Å². The van der Waals surface area contributed by atoms with Crippen molar-refractivity contribution >= 4 is 11.8 Å². The summed E-state index contributed by atoms with van der Waals surface area (Å²) in [6, 6.07) is 0.835. The van der Waals surface area contributed by atoms with E-state index in [9.17, 15) is 0 Å². The minimum absolute atomic E-state index is 0.785. The molecule has 0 aromatic heterocycles. The first-order chi connectivity index (χ1) is 6.29. The molecule has 0 aromatic rings. The second kappa shape index (κ2) is 6.72. The van der Waals surface area contributed by atoms with E-state index in [-0.39, 0.29) is 0 Å². The Bertz CT molecular complexity index is 119. The van der Waals surface area contributed by atoms with E-state index >= 15 is 0 Å². The Kier molecular flexibility index (Phi) is 5.88. The molecule has 0 radical (unpaired) electrons. The van der Waals surface area contributed by atoms with Crippen LogP contribution in [0.3, 0.4) is 0 Å². The van der Waals surface area contributed by atoms with Crippen LogP contribution in [0.1, 0.15) is 46.0 Å². The zero-order valence-corrected chi connectivity index (χ0v) is 9.83. The van der Waals surface area contributed by atoms with Gasteiger partial charge in [0, 0.05) is 18.3 Å². The van der Waals surface area contributed by atoms with Gasteiger partial charge in [0.1, 0.15) is 0 Å². The lowest BCUT2D eigenvalue weighted by Gasteiger charge is -2.22. The molecule has 1 aliphatic carbocycles. The van der Waals surface area contributed by atoms with Gasteiger partial charge < -0.3 is 5.32 Å². The van der Waals surface area contributed by atoms with Gasteiger partial charge in [-0.25, -0.2) is 0 Å². The lowest BCUT2D eigenvalue weighted by Crippen LogP contribution is -2.32. The third-order valence-corrected chi connectivity index (χ3v) is 3.70. The molecule has 0 saturated heterocycles. The highest BCUT2D eigenvalue weighted by Crippen LogP contribution is 2.17. The Balaban J connectivity index is 1.92. The average molecular weight is 201 g/mol. The highest BCUT2D eigenvalue weighted by atomic mass is 32.2. The quantitative estimate of drug-likeness (QED) is 0.686. The van der Waals surface area contributed by atoms with E-state index in [2.05, 4.69) is 30.9 Å².